The molecule has 0 fully saturated rings. The second kappa shape index (κ2) is 48.8. The summed E-state index contributed by atoms with van der Waals surface area (Å²) in [5.74, 6) is -0.119. The highest BCUT2D eigenvalue weighted by molar-refractivity contribution is 5.69. The Morgan fingerprint density at radius 2 is 0.533 bits per heavy atom. The van der Waals surface area contributed by atoms with Crippen molar-refractivity contribution in [3.8, 4) is 0 Å². The minimum atomic E-state index is -0.0596. The fourth-order valence-electron chi connectivity index (χ4n) is 8.34. The van der Waals surface area contributed by atoms with Crippen LogP contribution in [-0.4, -0.2) is 99.3 Å². The average Bonchev–Trinajstić information content (AvgIpc) is 3.25. The van der Waals surface area contributed by atoms with Crippen molar-refractivity contribution in [1.82, 2.24) is 14.7 Å². The van der Waals surface area contributed by atoms with Gasteiger partial charge in [-0.05, 0) is 71.8 Å². The number of ether oxygens (including phenoxy) is 2. The Hall–Kier alpha value is -1.18. The molecule has 0 aliphatic rings. The molecule has 0 amide bonds. The van der Waals surface area contributed by atoms with Crippen molar-refractivity contribution >= 4 is 11.9 Å². The maximum atomic E-state index is 12.7. The predicted octanol–water partition coefficient (Wildman–Crippen LogP) is 14.7. The van der Waals surface area contributed by atoms with Crippen LogP contribution in [0.5, 0.6) is 0 Å². The van der Waals surface area contributed by atoms with Gasteiger partial charge in [-0.3, -0.25) is 9.59 Å². The van der Waals surface area contributed by atoms with E-state index in [1.54, 1.807) is 0 Å². The SMILES string of the molecule is CCCCCCCCCCN(CCCCCCCCCC)CCC(=O)OCCCN(C)CCCOC(=O)CCN(CCCCCCCCCC)CCCCCCCCCC. The molecule has 0 heterocycles. The van der Waals surface area contributed by atoms with Gasteiger partial charge in [-0.25, -0.2) is 0 Å². The van der Waals surface area contributed by atoms with E-state index in [2.05, 4.69) is 49.4 Å². The Labute approximate surface area is 376 Å². The zero-order valence-electron chi connectivity index (χ0n) is 41.5. The summed E-state index contributed by atoms with van der Waals surface area (Å²) in [5, 5.41) is 0. The highest BCUT2D eigenvalue weighted by Gasteiger charge is 2.12. The van der Waals surface area contributed by atoms with Gasteiger partial charge in [0.1, 0.15) is 0 Å². The van der Waals surface area contributed by atoms with E-state index in [1.807, 2.05) is 0 Å². The third-order valence-corrected chi connectivity index (χ3v) is 12.5. The summed E-state index contributed by atoms with van der Waals surface area (Å²) in [6, 6.07) is 0. The second-order valence-corrected chi connectivity index (χ2v) is 18.5. The van der Waals surface area contributed by atoms with E-state index >= 15 is 0 Å². The van der Waals surface area contributed by atoms with Crippen LogP contribution in [0.1, 0.15) is 259 Å². The lowest BCUT2D eigenvalue weighted by Crippen LogP contribution is -2.29. The average molecular weight is 850 g/mol. The molecule has 0 N–H and O–H groups in total. The van der Waals surface area contributed by atoms with E-state index in [4.69, 9.17) is 9.47 Å². The largest absolute Gasteiger partial charge is 0.466 e. The van der Waals surface area contributed by atoms with Crippen LogP contribution >= 0.6 is 0 Å². The number of carbonyl (C=O) groups is 2. The summed E-state index contributed by atoms with van der Waals surface area (Å²) >= 11 is 0. The molecule has 0 aliphatic carbocycles. The van der Waals surface area contributed by atoms with Gasteiger partial charge in [-0.2, -0.15) is 0 Å². The molecule has 0 atom stereocenters. The second-order valence-electron chi connectivity index (χ2n) is 18.5. The topological polar surface area (TPSA) is 62.3 Å². The molecule has 0 saturated heterocycles. The number of hydrogen-bond donors (Lipinski definition) is 0. The number of esters is 2. The Morgan fingerprint density at radius 1 is 0.300 bits per heavy atom. The van der Waals surface area contributed by atoms with E-state index in [0.717, 1.165) is 65.2 Å². The number of carbonyl (C=O) groups excluding carboxylic acids is 2. The zero-order chi connectivity index (χ0) is 43.8. The molecule has 0 spiro atoms. The van der Waals surface area contributed by atoms with E-state index in [0.29, 0.717) is 26.1 Å². The van der Waals surface area contributed by atoms with Gasteiger partial charge in [-0.15, -0.1) is 0 Å². The third-order valence-electron chi connectivity index (χ3n) is 12.5. The first-order valence-corrected chi connectivity index (χ1v) is 26.9. The summed E-state index contributed by atoms with van der Waals surface area (Å²) < 4.78 is 11.3. The molecule has 0 unspecified atom stereocenters. The van der Waals surface area contributed by atoms with Gasteiger partial charge >= 0.3 is 11.9 Å². The molecule has 0 aliphatic heterocycles. The van der Waals surface area contributed by atoms with Gasteiger partial charge < -0.3 is 24.2 Å². The lowest BCUT2D eigenvalue weighted by Gasteiger charge is -2.22. The molecule has 0 aromatic rings. The molecule has 0 saturated carbocycles. The first-order chi connectivity index (χ1) is 29.5. The standard InChI is InChI=1S/C53H107N3O4/c1-6-10-14-18-22-26-30-34-44-55(45-35-31-27-23-19-15-11-7-2)48-40-52(57)59-50-38-42-54(5)43-39-51-60-53(58)41-49-56(46-36-32-28-24-20-16-12-8-3)47-37-33-29-25-21-17-13-9-4/h6-51H2,1-5H3. The molecule has 0 bridgehead atoms. The van der Waals surface area contributed by atoms with Crippen LogP contribution in [0.15, 0.2) is 0 Å². The molecule has 358 valence electrons. The van der Waals surface area contributed by atoms with Crippen molar-refractivity contribution in [3.05, 3.63) is 0 Å². The third kappa shape index (κ3) is 44.9. The van der Waals surface area contributed by atoms with Crippen LogP contribution in [0.4, 0.5) is 0 Å². The molecule has 0 radical (unpaired) electrons. The van der Waals surface area contributed by atoms with Crippen molar-refractivity contribution in [1.29, 1.82) is 0 Å². The van der Waals surface area contributed by atoms with Crippen LogP contribution in [0, 0.1) is 0 Å². The van der Waals surface area contributed by atoms with Crippen molar-refractivity contribution < 1.29 is 19.1 Å². The Bertz CT molecular complexity index is 765. The van der Waals surface area contributed by atoms with Gasteiger partial charge in [0.2, 0.25) is 0 Å². The normalized spacial score (nSPS) is 11.7. The summed E-state index contributed by atoms with van der Waals surface area (Å²) in [6.07, 6.45) is 45.4. The maximum absolute atomic E-state index is 12.7. The van der Waals surface area contributed by atoms with Crippen LogP contribution in [-0.2, 0) is 19.1 Å². The number of nitrogens with zero attached hydrogens (tertiary/aromatic N) is 3. The van der Waals surface area contributed by atoms with E-state index in [1.165, 1.54) is 205 Å². The smallest absolute Gasteiger partial charge is 0.307 e. The van der Waals surface area contributed by atoms with Crippen molar-refractivity contribution in [2.45, 2.75) is 259 Å². The number of hydrogen-bond acceptors (Lipinski definition) is 7. The van der Waals surface area contributed by atoms with Gasteiger partial charge in [-0.1, -0.05) is 207 Å². The van der Waals surface area contributed by atoms with Gasteiger partial charge in [0.15, 0.2) is 0 Å². The monoisotopic (exact) mass is 850 g/mol. The Kier molecular flexibility index (Phi) is 47.9. The molecule has 0 aromatic carbocycles. The van der Waals surface area contributed by atoms with Gasteiger partial charge in [0.05, 0.1) is 26.1 Å². The van der Waals surface area contributed by atoms with E-state index in [-0.39, 0.29) is 11.9 Å². The summed E-state index contributed by atoms with van der Waals surface area (Å²) in [4.78, 5) is 32.7. The fourth-order valence-corrected chi connectivity index (χ4v) is 8.34. The quantitative estimate of drug-likeness (QED) is 0.0446. The maximum Gasteiger partial charge on any atom is 0.307 e. The predicted molar refractivity (Wildman–Crippen MR) is 261 cm³/mol. The van der Waals surface area contributed by atoms with Crippen molar-refractivity contribution in [2.24, 2.45) is 0 Å². The minimum absolute atomic E-state index is 0.0596. The lowest BCUT2D eigenvalue weighted by molar-refractivity contribution is -0.144. The van der Waals surface area contributed by atoms with Crippen LogP contribution in [0.3, 0.4) is 0 Å². The van der Waals surface area contributed by atoms with Crippen LogP contribution in [0.2, 0.25) is 0 Å². The first kappa shape index (κ1) is 58.8. The molecule has 7 nitrogen and oxygen atoms in total. The minimum Gasteiger partial charge on any atom is -0.466 e. The fraction of sp³-hybridized carbons (Fsp3) is 0.962. The van der Waals surface area contributed by atoms with Gasteiger partial charge in [0, 0.05) is 26.2 Å². The Balaban J connectivity index is 4.32. The van der Waals surface area contributed by atoms with Crippen LogP contribution < -0.4 is 0 Å². The van der Waals surface area contributed by atoms with Crippen molar-refractivity contribution in [2.75, 3.05) is 72.6 Å². The lowest BCUT2D eigenvalue weighted by atomic mass is 10.1. The molecular weight excluding hydrogens is 743 g/mol. The summed E-state index contributed by atoms with van der Waals surface area (Å²) in [5.41, 5.74) is 0. The first-order valence-electron chi connectivity index (χ1n) is 26.9. The zero-order valence-corrected chi connectivity index (χ0v) is 41.5. The summed E-state index contributed by atoms with van der Waals surface area (Å²) in [7, 11) is 2.10. The summed E-state index contributed by atoms with van der Waals surface area (Å²) in [6.45, 7) is 17.9. The van der Waals surface area contributed by atoms with Crippen LogP contribution in [0.25, 0.3) is 0 Å². The molecule has 7 heteroatoms. The molecule has 60 heavy (non-hydrogen) atoms. The van der Waals surface area contributed by atoms with E-state index in [9.17, 15) is 9.59 Å². The Morgan fingerprint density at radius 3 is 0.783 bits per heavy atom. The van der Waals surface area contributed by atoms with Crippen molar-refractivity contribution in [3.63, 3.8) is 0 Å². The number of rotatable bonds is 50. The number of unbranched alkanes of at least 4 members (excludes halogenated alkanes) is 28. The highest BCUT2D eigenvalue weighted by Crippen LogP contribution is 2.14. The molecular formula is C53H107N3O4. The van der Waals surface area contributed by atoms with Gasteiger partial charge in [0.25, 0.3) is 0 Å². The highest BCUT2D eigenvalue weighted by atomic mass is 16.5. The molecule has 0 rings (SSSR count). The van der Waals surface area contributed by atoms with E-state index < -0.39 is 0 Å². The molecule has 0 aromatic heterocycles.